The Hall–Kier alpha value is -2.32. The second-order valence-electron chi connectivity index (χ2n) is 5.90. The Balaban J connectivity index is 2.10. The number of amides is 1. The van der Waals surface area contributed by atoms with Gasteiger partial charge in [-0.05, 0) is 54.0 Å². The summed E-state index contributed by atoms with van der Waals surface area (Å²) < 4.78 is 45.2. The first-order chi connectivity index (χ1) is 12.7. The van der Waals surface area contributed by atoms with Crippen molar-refractivity contribution in [1.29, 1.82) is 0 Å². The zero-order chi connectivity index (χ0) is 19.8. The molecule has 0 saturated carbocycles. The van der Waals surface area contributed by atoms with E-state index in [1.54, 1.807) is 37.3 Å². The molecule has 1 fully saturated rings. The number of carbonyl (C=O) groups is 1. The minimum atomic E-state index is -4.44. The molecule has 0 spiro atoms. The smallest absolute Gasteiger partial charge is 0.416 e. The van der Waals surface area contributed by atoms with E-state index >= 15 is 0 Å². The number of halogens is 3. The van der Waals surface area contributed by atoms with Crippen molar-refractivity contribution in [3.63, 3.8) is 0 Å². The average molecular weight is 409 g/mol. The zero-order valence-corrected chi connectivity index (χ0v) is 15.9. The predicted octanol–water partition coefficient (Wildman–Crippen LogP) is 5.18. The minimum Gasteiger partial charge on any atom is -0.496 e. The van der Waals surface area contributed by atoms with Crippen LogP contribution in [0.4, 0.5) is 13.2 Å². The summed E-state index contributed by atoms with van der Waals surface area (Å²) >= 11 is 6.10. The Morgan fingerprint density at radius 1 is 1.19 bits per heavy atom. The average Bonchev–Trinajstić information content (AvgIpc) is 2.90. The van der Waals surface area contributed by atoms with E-state index in [2.05, 4.69) is 5.32 Å². The van der Waals surface area contributed by atoms with E-state index in [1.807, 2.05) is 0 Å². The molecule has 1 N–H and O–H groups in total. The summed E-state index contributed by atoms with van der Waals surface area (Å²) in [5, 5.41) is 2.52. The summed E-state index contributed by atoms with van der Waals surface area (Å²) in [5.74, 6) is 0.146. The van der Waals surface area contributed by atoms with Crippen LogP contribution >= 0.6 is 24.0 Å². The SMILES string of the molecule is COc1ccc(/C=C2\SC(=S)NC2=O)cc1-c1cc(C)cc(C(F)(F)F)c1. The maximum atomic E-state index is 13.2. The van der Waals surface area contributed by atoms with Gasteiger partial charge in [-0.1, -0.05) is 36.1 Å². The molecule has 0 aromatic heterocycles. The molecule has 2 aromatic carbocycles. The first-order valence-electron chi connectivity index (χ1n) is 7.79. The number of methoxy groups -OCH3 is 1. The number of nitrogens with one attached hydrogen (secondary N) is 1. The molecular weight excluding hydrogens is 395 g/mol. The van der Waals surface area contributed by atoms with Gasteiger partial charge in [-0.2, -0.15) is 13.2 Å². The third-order valence-electron chi connectivity index (χ3n) is 3.88. The van der Waals surface area contributed by atoms with Crippen LogP contribution in [0.3, 0.4) is 0 Å². The van der Waals surface area contributed by atoms with E-state index in [0.717, 1.165) is 23.9 Å². The number of benzene rings is 2. The first kappa shape index (κ1) is 19.4. The fourth-order valence-electron chi connectivity index (χ4n) is 2.72. The van der Waals surface area contributed by atoms with Gasteiger partial charge in [-0.3, -0.25) is 4.79 Å². The van der Waals surface area contributed by atoms with Crippen molar-refractivity contribution in [1.82, 2.24) is 5.32 Å². The topological polar surface area (TPSA) is 38.3 Å². The van der Waals surface area contributed by atoms with Crippen molar-refractivity contribution in [3.8, 4) is 16.9 Å². The number of hydrogen-bond donors (Lipinski definition) is 1. The maximum absolute atomic E-state index is 13.2. The number of thioether (sulfide) groups is 1. The maximum Gasteiger partial charge on any atom is 0.416 e. The van der Waals surface area contributed by atoms with Gasteiger partial charge in [0.15, 0.2) is 0 Å². The van der Waals surface area contributed by atoms with Crippen molar-refractivity contribution >= 4 is 40.3 Å². The first-order valence-corrected chi connectivity index (χ1v) is 9.02. The third kappa shape index (κ3) is 4.33. The largest absolute Gasteiger partial charge is 0.496 e. The van der Waals surface area contributed by atoms with Crippen molar-refractivity contribution in [2.45, 2.75) is 13.1 Å². The molecule has 1 aliphatic rings. The number of thiocarbonyl (C=S) groups is 1. The molecule has 8 heteroatoms. The highest BCUT2D eigenvalue weighted by atomic mass is 32.2. The molecule has 1 aliphatic heterocycles. The molecule has 140 valence electrons. The van der Waals surface area contributed by atoms with Crippen LogP contribution in [0.15, 0.2) is 41.3 Å². The zero-order valence-electron chi connectivity index (χ0n) is 14.3. The van der Waals surface area contributed by atoms with Crippen LogP contribution in [0.2, 0.25) is 0 Å². The van der Waals surface area contributed by atoms with Crippen molar-refractivity contribution < 1.29 is 22.7 Å². The van der Waals surface area contributed by atoms with E-state index in [-0.39, 0.29) is 5.91 Å². The molecular formula is C19H14F3NO2S2. The van der Waals surface area contributed by atoms with Gasteiger partial charge in [0.25, 0.3) is 5.91 Å². The number of hydrogen-bond acceptors (Lipinski definition) is 4. The van der Waals surface area contributed by atoms with Crippen LogP contribution in [0.5, 0.6) is 5.75 Å². The second-order valence-corrected chi connectivity index (χ2v) is 7.62. The number of aryl methyl sites for hydroxylation is 1. The molecule has 0 unspecified atom stereocenters. The summed E-state index contributed by atoms with van der Waals surface area (Å²) in [4.78, 5) is 12.3. The summed E-state index contributed by atoms with van der Waals surface area (Å²) in [6.45, 7) is 1.61. The van der Waals surface area contributed by atoms with E-state index in [9.17, 15) is 18.0 Å². The fourth-order valence-corrected chi connectivity index (χ4v) is 3.76. The summed E-state index contributed by atoms with van der Waals surface area (Å²) in [7, 11) is 1.45. The van der Waals surface area contributed by atoms with E-state index in [0.29, 0.717) is 37.2 Å². The quantitative estimate of drug-likeness (QED) is 0.560. The van der Waals surface area contributed by atoms with Gasteiger partial charge in [0, 0.05) is 5.56 Å². The number of carbonyl (C=O) groups excluding carboxylic acids is 1. The summed E-state index contributed by atoms with van der Waals surface area (Å²) in [6.07, 6.45) is -2.80. The Kier molecular flexibility index (Phi) is 5.30. The summed E-state index contributed by atoms with van der Waals surface area (Å²) in [5.41, 5.74) is 1.31. The lowest BCUT2D eigenvalue weighted by Crippen LogP contribution is -2.17. The highest BCUT2D eigenvalue weighted by Gasteiger charge is 2.31. The monoisotopic (exact) mass is 409 g/mol. The van der Waals surface area contributed by atoms with Gasteiger partial charge in [0.1, 0.15) is 10.1 Å². The number of rotatable bonds is 3. The second kappa shape index (κ2) is 7.36. The van der Waals surface area contributed by atoms with E-state index in [4.69, 9.17) is 17.0 Å². The van der Waals surface area contributed by atoms with Crippen LogP contribution in [-0.2, 0) is 11.0 Å². The Bertz CT molecular complexity index is 968. The molecule has 0 aliphatic carbocycles. The lowest BCUT2D eigenvalue weighted by Gasteiger charge is -2.14. The van der Waals surface area contributed by atoms with Crippen molar-refractivity contribution in [3.05, 3.63) is 58.0 Å². The van der Waals surface area contributed by atoms with Gasteiger partial charge >= 0.3 is 6.18 Å². The molecule has 0 bridgehead atoms. The van der Waals surface area contributed by atoms with Crippen molar-refractivity contribution in [2.24, 2.45) is 0 Å². The highest BCUT2D eigenvalue weighted by molar-refractivity contribution is 8.26. The molecule has 1 amide bonds. The van der Waals surface area contributed by atoms with Gasteiger partial charge in [-0.15, -0.1) is 0 Å². The van der Waals surface area contributed by atoms with E-state index < -0.39 is 11.7 Å². The predicted molar refractivity (Wildman–Crippen MR) is 104 cm³/mol. The molecule has 0 atom stereocenters. The number of alkyl halides is 3. The molecule has 0 radical (unpaired) electrons. The standard InChI is InChI=1S/C19H14F3NO2S2/c1-10-5-12(9-13(6-10)19(20,21)22)14-7-11(3-4-15(14)25-2)8-16-17(24)23-18(26)27-16/h3-9H,1-2H3,(H,23,24,26)/b16-8-. The van der Waals surface area contributed by atoms with Crippen molar-refractivity contribution in [2.75, 3.05) is 7.11 Å². The Morgan fingerprint density at radius 2 is 1.93 bits per heavy atom. The third-order valence-corrected chi connectivity index (χ3v) is 5.04. The lowest BCUT2D eigenvalue weighted by atomic mass is 9.97. The minimum absolute atomic E-state index is 0.294. The molecule has 27 heavy (non-hydrogen) atoms. The highest BCUT2D eigenvalue weighted by Crippen LogP contribution is 2.37. The molecule has 1 saturated heterocycles. The van der Waals surface area contributed by atoms with Crippen LogP contribution in [0.25, 0.3) is 17.2 Å². The number of ether oxygens (including phenoxy) is 1. The Morgan fingerprint density at radius 3 is 2.52 bits per heavy atom. The molecule has 1 heterocycles. The van der Waals surface area contributed by atoms with E-state index in [1.165, 1.54) is 7.11 Å². The fraction of sp³-hybridized carbons (Fsp3) is 0.158. The van der Waals surface area contributed by atoms with Gasteiger partial charge in [0.05, 0.1) is 17.6 Å². The van der Waals surface area contributed by atoms with Crippen LogP contribution in [-0.4, -0.2) is 17.3 Å². The Labute approximate surface area is 163 Å². The van der Waals surface area contributed by atoms with Crippen LogP contribution in [0, 0.1) is 6.92 Å². The molecule has 3 nitrogen and oxygen atoms in total. The van der Waals surface area contributed by atoms with Crippen LogP contribution in [0.1, 0.15) is 16.7 Å². The van der Waals surface area contributed by atoms with Gasteiger partial charge < -0.3 is 10.1 Å². The lowest BCUT2D eigenvalue weighted by molar-refractivity contribution is -0.137. The van der Waals surface area contributed by atoms with Gasteiger partial charge in [0.2, 0.25) is 0 Å². The van der Waals surface area contributed by atoms with Gasteiger partial charge in [-0.25, -0.2) is 0 Å². The normalized spacial score (nSPS) is 16.0. The van der Waals surface area contributed by atoms with Crippen LogP contribution < -0.4 is 10.1 Å². The molecule has 3 rings (SSSR count). The molecule has 2 aromatic rings. The summed E-state index contributed by atoms with van der Waals surface area (Å²) in [6, 6.07) is 8.93.